The summed E-state index contributed by atoms with van der Waals surface area (Å²) in [5.41, 5.74) is 1.13. The van der Waals surface area contributed by atoms with Gasteiger partial charge in [0, 0.05) is 0 Å². The molecule has 0 aromatic heterocycles. The highest BCUT2D eigenvalue weighted by molar-refractivity contribution is 5.74. The molecule has 2 saturated carbocycles. The third-order valence-corrected chi connectivity index (χ3v) is 3.77. The second kappa shape index (κ2) is 2.69. The maximum Gasteiger partial charge on any atom is 0.130 e. The van der Waals surface area contributed by atoms with Crippen LogP contribution in [0.25, 0.3) is 0 Å². The van der Waals surface area contributed by atoms with Crippen LogP contribution in [0.2, 0.25) is 0 Å². The van der Waals surface area contributed by atoms with Crippen molar-refractivity contribution < 1.29 is 4.79 Å². The molecule has 2 fully saturated rings. The van der Waals surface area contributed by atoms with Gasteiger partial charge < -0.3 is 4.79 Å². The van der Waals surface area contributed by atoms with Gasteiger partial charge in [0.2, 0.25) is 0 Å². The summed E-state index contributed by atoms with van der Waals surface area (Å²) in [6.45, 7) is 0. The van der Waals surface area contributed by atoms with E-state index in [4.69, 9.17) is 0 Å². The lowest BCUT2D eigenvalue weighted by Gasteiger charge is -2.09. The largest absolute Gasteiger partial charge is 0.302 e. The third-order valence-electron chi connectivity index (χ3n) is 3.77. The fraction of sp³-hybridized carbons (Fsp3) is 0.462. The molecule has 0 bridgehead atoms. The van der Waals surface area contributed by atoms with Gasteiger partial charge in [-0.25, -0.2) is 0 Å². The average molecular weight is 186 g/mol. The number of carbonyl (C=O) groups is 1. The van der Waals surface area contributed by atoms with Crippen molar-refractivity contribution in [3.05, 3.63) is 35.9 Å². The number of aldehydes is 1. The quantitative estimate of drug-likeness (QED) is 0.663. The van der Waals surface area contributed by atoms with E-state index in [0.29, 0.717) is 5.92 Å². The van der Waals surface area contributed by atoms with Crippen molar-refractivity contribution in [3.63, 3.8) is 0 Å². The molecule has 14 heavy (non-hydrogen) atoms. The van der Waals surface area contributed by atoms with Crippen LogP contribution in [0.3, 0.4) is 0 Å². The lowest BCUT2D eigenvalue weighted by atomic mass is 9.93. The molecular formula is C13H14O. The molecule has 1 aromatic carbocycles. The lowest BCUT2D eigenvalue weighted by Crippen LogP contribution is -2.12. The van der Waals surface area contributed by atoms with Crippen molar-refractivity contribution in [2.45, 2.75) is 24.7 Å². The molecule has 2 aliphatic rings. The van der Waals surface area contributed by atoms with E-state index in [1.807, 2.05) is 18.2 Å². The first kappa shape index (κ1) is 8.22. The average Bonchev–Trinajstić information content (AvgIpc) is 3.12. The summed E-state index contributed by atoms with van der Waals surface area (Å²) in [5.74, 6) is 1.50. The Kier molecular flexibility index (Phi) is 1.58. The summed E-state index contributed by atoms with van der Waals surface area (Å²) in [4.78, 5) is 11.2. The summed E-state index contributed by atoms with van der Waals surface area (Å²) < 4.78 is 0. The predicted molar refractivity (Wildman–Crippen MR) is 55.0 cm³/mol. The summed E-state index contributed by atoms with van der Waals surface area (Å²) in [6, 6.07) is 10.3. The minimum atomic E-state index is -0.0948. The Morgan fingerprint density at radius 3 is 2.50 bits per heavy atom. The molecule has 72 valence electrons. The van der Waals surface area contributed by atoms with Crippen LogP contribution in [0.5, 0.6) is 0 Å². The maximum atomic E-state index is 11.2. The monoisotopic (exact) mass is 186 g/mol. The van der Waals surface area contributed by atoms with Gasteiger partial charge in [0.15, 0.2) is 0 Å². The van der Waals surface area contributed by atoms with Gasteiger partial charge in [-0.15, -0.1) is 0 Å². The van der Waals surface area contributed by atoms with Crippen molar-refractivity contribution in [3.8, 4) is 0 Å². The van der Waals surface area contributed by atoms with Gasteiger partial charge in [-0.1, -0.05) is 30.3 Å². The van der Waals surface area contributed by atoms with E-state index in [2.05, 4.69) is 12.1 Å². The van der Waals surface area contributed by atoms with E-state index in [9.17, 15) is 4.79 Å². The molecule has 1 nitrogen and oxygen atoms in total. The number of hydrogen-bond donors (Lipinski definition) is 0. The maximum absolute atomic E-state index is 11.2. The van der Waals surface area contributed by atoms with Gasteiger partial charge in [0.1, 0.15) is 6.29 Å². The molecule has 1 aromatic rings. The van der Waals surface area contributed by atoms with Crippen LogP contribution in [-0.4, -0.2) is 6.29 Å². The van der Waals surface area contributed by atoms with Crippen LogP contribution in [0.4, 0.5) is 0 Å². The number of carbonyl (C=O) groups excluding carboxylic acids is 1. The Balaban J connectivity index is 1.92. The highest BCUT2D eigenvalue weighted by Gasteiger charge is 2.60. The molecule has 2 atom stereocenters. The highest BCUT2D eigenvalue weighted by Crippen LogP contribution is 2.62. The van der Waals surface area contributed by atoms with Crippen molar-refractivity contribution >= 4 is 6.29 Å². The van der Waals surface area contributed by atoms with Crippen molar-refractivity contribution in [2.24, 2.45) is 11.8 Å². The molecule has 0 radical (unpaired) electrons. The number of hydrogen-bond acceptors (Lipinski definition) is 1. The minimum absolute atomic E-state index is 0.0948. The van der Waals surface area contributed by atoms with Gasteiger partial charge in [-0.2, -0.15) is 0 Å². The Morgan fingerprint density at radius 1 is 1.21 bits per heavy atom. The normalized spacial score (nSPS) is 35.3. The van der Waals surface area contributed by atoms with E-state index >= 15 is 0 Å². The zero-order valence-corrected chi connectivity index (χ0v) is 8.15. The zero-order valence-electron chi connectivity index (χ0n) is 8.15. The molecule has 0 spiro atoms. The van der Waals surface area contributed by atoms with E-state index in [-0.39, 0.29) is 5.41 Å². The molecule has 0 aliphatic heterocycles. The van der Waals surface area contributed by atoms with Crippen LogP contribution in [0.15, 0.2) is 30.3 Å². The fourth-order valence-electron chi connectivity index (χ4n) is 2.67. The molecular weight excluding hydrogens is 172 g/mol. The smallest absolute Gasteiger partial charge is 0.130 e. The number of benzene rings is 1. The first-order chi connectivity index (χ1) is 6.87. The SMILES string of the molecule is O=CC1(c2ccccc2)CC1C1CC1. The summed E-state index contributed by atoms with van der Waals surface area (Å²) in [6.07, 6.45) is 4.96. The number of rotatable bonds is 3. The topological polar surface area (TPSA) is 17.1 Å². The second-order valence-electron chi connectivity index (χ2n) is 4.67. The van der Waals surface area contributed by atoms with Crippen LogP contribution in [0.1, 0.15) is 24.8 Å². The van der Waals surface area contributed by atoms with Crippen molar-refractivity contribution in [2.75, 3.05) is 0 Å². The molecule has 2 aliphatic carbocycles. The lowest BCUT2D eigenvalue weighted by molar-refractivity contribution is -0.110. The molecule has 0 amide bonds. The molecule has 2 unspecified atom stereocenters. The highest BCUT2D eigenvalue weighted by atomic mass is 16.1. The van der Waals surface area contributed by atoms with E-state index < -0.39 is 0 Å². The minimum Gasteiger partial charge on any atom is -0.302 e. The third kappa shape index (κ3) is 1.05. The van der Waals surface area contributed by atoms with Crippen LogP contribution >= 0.6 is 0 Å². The first-order valence-electron chi connectivity index (χ1n) is 5.39. The fourth-order valence-corrected chi connectivity index (χ4v) is 2.67. The Bertz CT molecular complexity index is 353. The molecule has 3 rings (SSSR count). The van der Waals surface area contributed by atoms with E-state index in [0.717, 1.165) is 12.3 Å². The van der Waals surface area contributed by atoms with Crippen molar-refractivity contribution in [1.29, 1.82) is 0 Å². The van der Waals surface area contributed by atoms with Gasteiger partial charge in [-0.3, -0.25) is 0 Å². The molecule has 0 saturated heterocycles. The van der Waals surface area contributed by atoms with Crippen LogP contribution < -0.4 is 0 Å². The molecule has 0 N–H and O–H groups in total. The van der Waals surface area contributed by atoms with Gasteiger partial charge >= 0.3 is 0 Å². The van der Waals surface area contributed by atoms with E-state index in [1.54, 1.807) is 0 Å². The zero-order chi connectivity index (χ0) is 9.60. The summed E-state index contributed by atoms with van der Waals surface area (Å²) in [7, 11) is 0. The second-order valence-corrected chi connectivity index (χ2v) is 4.67. The van der Waals surface area contributed by atoms with Crippen LogP contribution in [0, 0.1) is 11.8 Å². The predicted octanol–water partition coefficient (Wildman–Crippen LogP) is 2.55. The van der Waals surface area contributed by atoms with Crippen molar-refractivity contribution in [1.82, 2.24) is 0 Å². The Morgan fingerprint density at radius 2 is 1.93 bits per heavy atom. The van der Waals surface area contributed by atoms with Gasteiger partial charge in [-0.05, 0) is 36.7 Å². The Hall–Kier alpha value is -1.11. The Labute approximate surface area is 84.1 Å². The van der Waals surface area contributed by atoms with Gasteiger partial charge in [0.25, 0.3) is 0 Å². The summed E-state index contributed by atoms with van der Waals surface area (Å²) in [5, 5.41) is 0. The van der Waals surface area contributed by atoms with Crippen LogP contribution in [-0.2, 0) is 10.2 Å². The van der Waals surface area contributed by atoms with E-state index in [1.165, 1.54) is 24.7 Å². The summed E-state index contributed by atoms with van der Waals surface area (Å²) >= 11 is 0. The van der Waals surface area contributed by atoms with Gasteiger partial charge in [0.05, 0.1) is 5.41 Å². The standard InChI is InChI=1S/C13H14O/c14-9-13(8-12(13)10-6-7-10)11-4-2-1-3-5-11/h1-5,9-10,12H,6-8H2. The first-order valence-corrected chi connectivity index (χ1v) is 5.39. The molecule has 1 heteroatoms. The molecule has 0 heterocycles.